The van der Waals surface area contributed by atoms with Crippen molar-refractivity contribution in [2.45, 2.75) is 20.0 Å². The molecular formula is C30H24N2O3. The van der Waals surface area contributed by atoms with Crippen LogP contribution in [0, 0.1) is 6.92 Å². The molecule has 0 spiro atoms. The van der Waals surface area contributed by atoms with E-state index in [2.05, 4.69) is 0 Å². The van der Waals surface area contributed by atoms with Gasteiger partial charge >= 0.3 is 0 Å². The molecule has 172 valence electrons. The first-order valence-corrected chi connectivity index (χ1v) is 11.5. The first-order chi connectivity index (χ1) is 17.0. The highest BCUT2D eigenvalue weighted by molar-refractivity contribution is 6.34. The maximum Gasteiger partial charge on any atom is 0.266 e. The zero-order chi connectivity index (χ0) is 24.4. The molecule has 1 aliphatic rings. The van der Waals surface area contributed by atoms with E-state index in [0.717, 1.165) is 16.7 Å². The van der Waals surface area contributed by atoms with Gasteiger partial charge in [0.15, 0.2) is 0 Å². The van der Waals surface area contributed by atoms with E-state index >= 15 is 0 Å². The van der Waals surface area contributed by atoms with Crippen LogP contribution in [0.15, 0.2) is 103 Å². The van der Waals surface area contributed by atoms with Crippen molar-refractivity contribution < 1.29 is 14.4 Å². The van der Waals surface area contributed by atoms with E-state index in [1.807, 2.05) is 79.7 Å². The van der Waals surface area contributed by atoms with Crippen LogP contribution in [-0.2, 0) is 13.1 Å². The number of carbonyl (C=O) groups is 3. The Morgan fingerprint density at radius 3 is 1.80 bits per heavy atom. The van der Waals surface area contributed by atoms with E-state index in [1.165, 1.54) is 4.90 Å². The summed E-state index contributed by atoms with van der Waals surface area (Å²) in [4.78, 5) is 42.8. The van der Waals surface area contributed by atoms with Crippen molar-refractivity contribution in [3.8, 4) is 0 Å². The largest absolute Gasteiger partial charge is 0.330 e. The van der Waals surface area contributed by atoms with Crippen molar-refractivity contribution in [3.63, 3.8) is 0 Å². The third-order valence-corrected chi connectivity index (χ3v) is 6.15. The van der Waals surface area contributed by atoms with E-state index < -0.39 is 5.91 Å². The Balaban J connectivity index is 1.46. The predicted octanol–water partition coefficient (Wildman–Crippen LogP) is 5.64. The van der Waals surface area contributed by atoms with Gasteiger partial charge in [-0.1, -0.05) is 78.4 Å². The summed E-state index contributed by atoms with van der Waals surface area (Å²) in [5.41, 5.74) is 4.51. The summed E-state index contributed by atoms with van der Waals surface area (Å²) in [5, 5.41) is 0. The van der Waals surface area contributed by atoms with Gasteiger partial charge in [-0.15, -0.1) is 0 Å². The molecule has 0 aromatic heterocycles. The van der Waals surface area contributed by atoms with Crippen LogP contribution < -0.4 is 4.90 Å². The SMILES string of the molecule is Cc1ccc(N2C(=O)c3ccc(C(=O)N(Cc4ccccc4)Cc4ccccc4)cc3C2=O)cc1. The number of anilines is 1. The number of rotatable bonds is 6. The second-order valence-corrected chi connectivity index (χ2v) is 8.67. The van der Waals surface area contributed by atoms with Gasteiger partial charge in [-0.2, -0.15) is 0 Å². The molecule has 0 unspecified atom stereocenters. The molecule has 1 heterocycles. The van der Waals surface area contributed by atoms with Crippen LogP contribution in [-0.4, -0.2) is 22.6 Å². The van der Waals surface area contributed by atoms with Gasteiger partial charge in [0.05, 0.1) is 16.8 Å². The van der Waals surface area contributed by atoms with Gasteiger partial charge in [-0.25, -0.2) is 4.90 Å². The lowest BCUT2D eigenvalue weighted by atomic mass is 10.0. The summed E-state index contributed by atoms with van der Waals surface area (Å²) in [5.74, 6) is -0.992. The second-order valence-electron chi connectivity index (χ2n) is 8.67. The number of fused-ring (bicyclic) bond motifs is 1. The van der Waals surface area contributed by atoms with Crippen LogP contribution in [0.25, 0.3) is 0 Å². The van der Waals surface area contributed by atoms with Crippen molar-refractivity contribution in [2.75, 3.05) is 4.90 Å². The van der Waals surface area contributed by atoms with Crippen molar-refractivity contribution in [3.05, 3.63) is 137 Å². The minimum Gasteiger partial charge on any atom is -0.330 e. The molecule has 0 N–H and O–H groups in total. The van der Waals surface area contributed by atoms with Gasteiger partial charge in [0.1, 0.15) is 0 Å². The van der Waals surface area contributed by atoms with Gasteiger partial charge in [-0.3, -0.25) is 14.4 Å². The van der Waals surface area contributed by atoms with E-state index in [4.69, 9.17) is 0 Å². The van der Waals surface area contributed by atoms with Crippen LogP contribution in [0.2, 0.25) is 0 Å². The number of amides is 3. The zero-order valence-electron chi connectivity index (χ0n) is 19.3. The lowest BCUT2D eigenvalue weighted by Gasteiger charge is -2.23. The number of aryl methyl sites for hydroxylation is 1. The Hall–Kier alpha value is -4.51. The monoisotopic (exact) mass is 460 g/mol. The molecule has 0 radical (unpaired) electrons. The fraction of sp³-hybridized carbons (Fsp3) is 0.100. The van der Waals surface area contributed by atoms with Gasteiger partial charge in [0, 0.05) is 18.7 Å². The first-order valence-electron chi connectivity index (χ1n) is 11.5. The number of hydrogen-bond donors (Lipinski definition) is 0. The summed E-state index contributed by atoms with van der Waals surface area (Å²) < 4.78 is 0. The minimum absolute atomic E-state index is 0.199. The van der Waals surface area contributed by atoms with Crippen molar-refractivity contribution in [1.82, 2.24) is 4.90 Å². The lowest BCUT2D eigenvalue weighted by molar-refractivity contribution is 0.0729. The van der Waals surface area contributed by atoms with Crippen molar-refractivity contribution in [1.29, 1.82) is 0 Å². The standard InChI is InChI=1S/C30H24N2O3/c1-21-12-15-25(16-13-21)32-29(34)26-17-14-24(18-27(26)30(32)35)28(33)31(19-22-8-4-2-5-9-22)20-23-10-6-3-7-11-23/h2-18H,19-20H2,1H3. The smallest absolute Gasteiger partial charge is 0.266 e. The minimum atomic E-state index is -0.416. The molecule has 0 bridgehead atoms. The molecule has 0 atom stereocenters. The highest BCUT2D eigenvalue weighted by Gasteiger charge is 2.37. The van der Waals surface area contributed by atoms with Crippen LogP contribution in [0.3, 0.4) is 0 Å². The predicted molar refractivity (Wildman–Crippen MR) is 135 cm³/mol. The number of benzene rings is 4. The molecule has 4 aromatic rings. The summed E-state index contributed by atoms with van der Waals surface area (Å²) in [7, 11) is 0. The van der Waals surface area contributed by atoms with Crippen molar-refractivity contribution >= 4 is 23.4 Å². The second kappa shape index (κ2) is 9.39. The first kappa shape index (κ1) is 22.3. The molecule has 0 saturated carbocycles. The number of imide groups is 1. The molecular weight excluding hydrogens is 436 g/mol. The van der Waals surface area contributed by atoms with E-state index in [9.17, 15) is 14.4 Å². The fourth-order valence-corrected chi connectivity index (χ4v) is 4.29. The molecule has 0 saturated heterocycles. The number of hydrogen-bond acceptors (Lipinski definition) is 3. The third kappa shape index (κ3) is 4.49. The lowest BCUT2D eigenvalue weighted by Crippen LogP contribution is -2.30. The quantitative estimate of drug-likeness (QED) is 0.350. The fourth-order valence-electron chi connectivity index (χ4n) is 4.29. The normalized spacial score (nSPS) is 12.5. The number of nitrogens with zero attached hydrogens (tertiary/aromatic N) is 2. The summed E-state index contributed by atoms with van der Waals surface area (Å²) in [6.45, 7) is 2.79. The molecule has 0 fully saturated rings. The average molecular weight is 461 g/mol. The molecule has 5 rings (SSSR count). The number of carbonyl (C=O) groups excluding carboxylic acids is 3. The Morgan fingerprint density at radius 2 is 1.23 bits per heavy atom. The Bertz CT molecular complexity index is 1360. The van der Waals surface area contributed by atoms with Crippen LogP contribution in [0.1, 0.15) is 47.8 Å². The van der Waals surface area contributed by atoms with Crippen LogP contribution in [0.4, 0.5) is 5.69 Å². The van der Waals surface area contributed by atoms with Gasteiger partial charge in [-0.05, 0) is 48.4 Å². The van der Waals surface area contributed by atoms with Gasteiger partial charge in [0.2, 0.25) is 0 Å². The molecule has 1 aliphatic heterocycles. The highest BCUT2D eigenvalue weighted by atomic mass is 16.2. The Labute approximate surface area is 204 Å². The van der Waals surface area contributed by atoms with E-state index in [0.29, 0.717) is 29.9 Å². The Kier molecular flexibility index (Phi) is 5.98. The van der Waals surface area contributed by atoms with Gasteiger partial charge in [0.25, 0.3) is 17.7 Å². The van der Waals surface area contributed by atoms with E-state index in [1.54, 1.807) is 35.2 Å². The van der Waals surface area contributed by atoms with Crippen molar-refractivity contribution in [2.24, 2.45) is 0 Å². The van der Waals surface area contributed by atoms with E-state index in [-0.39, 0.29) is 17.4 Å². The average Bonchev–Trinajstić information content (AvgIpc) is 3.14. The summed E-state index contributed by atoms with van der Waals surface area (Å²) >= 11 is 0. The third-order valence-electron chi connectivity index (χ3n) is 6.15. The molecule has 35 heavy (non-hydrogen) atoms. The zero-order valence-corrected chi connectivity index (χ0v) is 19.3. The maximum absolute atomic E-state index is 13.6. The summed E-state index contributed by atoms with van der Waals surface area (Å²) in [6, 6.07) is 31.6. The molecule has 5 heteroatoms. The maximum atomic E-state index is 13.6. The topological polar surface area (TPSA) is 57.7 Å². The Morgan fingerprint density at radius 1 is 0.686 bits per heavy atom. The van der Waals surface area contributed by atoms with Crippen LogP contribution in [0.5, 0.6) is 0 Å². The molecule has 0 aliphatic carbocycles. The highest BCUT2D eigenvalue weighted by Crippen LogP contribution is 2.30. The van der Waals surface area contributed by atoms with Gasteiger partial charge < -0.3 is 4.90 Å². The molecule has 5 nitrogen and oxygen atoms in total. The van der Waals surface area contributed by atoms with Crippen LogP contribution >= 0.6 is 0 Å². The summed E-state index contributed by atoms with van der Waals surface area (Å²) in [6.07, 6.45) is 0. The molecule has 3 amide bonds. The molecule has 4 aromatic carbocycles.